The van der Waals surface area contributed by atoms with Crippen molar-refractivity contribution in [3.63, 3.8) is 0 Å². The molecule has 7 heteroatoms. The van der Waals surface area contributed by atoms with Crippen LogP contribution in [0, 0.1) is 0 Å². The van der Waals surface area contributed by atoms with Crippen molar-refractivity contribution in [1.82, 2.24) is 14.3 Å². The lowest BCUT2D eigenvalue weighted by atomic mass is 10.2. The lowest BCUT2D eigenvalue weighted by Crippen LogP contribution is -2.22. The summed E-state index contributed by atoms with van der Waals surface area (Å²) in [5.41, 5.74) is 1.81. The maximum absolute atomic E-state index is 12.3. The molecule has 0 saturated carbocycles. The van der Waals surface area contributed by atoms with E-state index in [9.17, 15) is 8.42 Å². The van der Waals surface area contributed by atoms with Gasteiger partial charge in [-0.3, -0.25) is 0 Å². The van der Waals surface area contributed by atoms with Crippen molar-refractivity contribution in [1.29, 1.82) is 0 Å². The van der Waals surface area contributed by atoms with Gasteiger partial charge in [0.1, 0.15) is 0 Å². The molecule has 0 aliphatic rings. The number of aromatic amines is 1. The molecule has 0 amide bonds. The van der Waals surface area contributed by atoms with Gasteiger partial charge in [-0.25, -0.2) is 17.7 Å². The minimum Gasteiger partial charge on any atom is -0.353 e. The number of pyridine rings is 1. The van der Waals surface area contributed by atoms with Crippen molar-refractivity contribution in [3.8, 4) is 0 Å². The highest BCUT2D eigenvalue weighted by molar-refractivity contribution is 7.98. The molecule has 2 heterocycles. The van der Waals surface area contributed by atoms with Crippen molar-refractivity contribution in [3.05, 3.63) is 30.5 Å². The Morgan fingerprint density at radius 3 is 2.52 bits per heavy atom. The van der Waals surface area contributed by atoms with Gasteiger partial charge in [-0.1, -0.05) is 0 Å². The summed E-state index contributed by atoms with van der Waals surface area (Å²) < 4.78 is 25.7. The van der Waals surface area contributed by atoms with E-state index in [1.807, 2.05) is 12.3 Å². The third-order valence-corrected chi connectivity index (χ3v) is 5.87. The van der Waals surface area contributed by atoms with Crippen LogP contribution in [0.4, 0.5) is 0 Å². The third-order valence-electron chi connectivity index (χ3n) is 3.42. The van der Waals surface area contributed by atoms with E-state index in [1.165, 1.54) is 18.4 Å². The highest BCUT2D eigenvalue weighted by Crippen LogP contribution is 2.29. The lowest BCUT2D eigenvalue weighted by Gasteiger charge is -2.11. The predicted octanol–water partition coefficient (Wildman–Crippen LogP) is 2.69. The molecular weight excluding hydrogens is 306 g/mol. The SMILES string of the molecule is CSc1cc2c(cn1)[nH]c1ccc(S(=O)(=O)N(C)C)cc12. The van der Waals surface area contributed by atoms with Crippen molar-refractivity contribution in [2.24, 2.45) is 0 Å². The van der Waals surface area contributed by atoms with Crippen LogP contribution in [0.2, 0.25) is 0 Å². The van der Waals surface area contributed by atoms with Crippen LogP contribution in [-0.4, -0.2) is 43.0 Å². The van der Waals surface area contributed by atoms with Crippen molar-refractivity contribution < 1.29 is 8.42 Å². The number of nitrogens with zero attached hydrogens (tertiary/aromatic N) is 2. The fourth-order valence-corrected chi connectivity index (χ4v) is 3.56. The Hall–Kier alpha value is -1.57. The molecule has 2 aromatic heterocycles. The highest BCUT2D eigenvalue weighted by atomic mass is 32.2. The standard InChI is InChI=1S/C14H15N3O2S2/c1-17(2)21(18,19)9-4-5-12-10(6-9)11-7-14(20-3)15-8-13(11)16-12/h4-8,16H,1-3H3. The predicted molar refractivity (Wildman–Crippen MR) is 86.3 cm³/mol. The van der Waals surface area contributed by atoms with Gasteiger partial charge in [0.05, 0.1) is 21.6 Å². The molecule has 0 fully saturated rings. The molecule has 1 aromatic carbocycles. The lowest BCUT2D eigenvalue weighted by molar-refractivity contribution is 0.521. The Balaban J connectivity index is 2.32. The van der Waals surface area contributed by atoms with Crippen LogP contribution in [0.3, 0.4) is 0 Å². The maximum Gasteiger partial charge on any atom is 0.242 e. The van der Waals surface area contributed by atoms with Crippen molar-refractivity contribution in [2.75, 3.05) is 20.4 Å². The Labute approximate surface area is 127 Å². The summed E-state index contributed by atoms with van der Waals surface area (Å²) in [4.78, 5) is 7.88. The van der Waals surface area contributed by atoms with E-state index in [2.05, 4.69) is 9.97 Å². The topological polar surface area (TPSA) is 66.1 Å². The van der Waals surface area contributed by atoms with Gasteiger partial charge in [-0.2, -0.15) is 0 Å². The van der Waals surface area contributed by atoms with E-state index < -0.39 is 10.0 Å². The molecule has 110 valence electrons. The molecule has 3 aromatic rings. The van der Waals surface area contributed by atoms with E-state index in [4.69, 9.17) is 0 Å². The molecule has 0 radical (unpaired) electrons. The summed E-state index contributed by atoms with van der Waals surface area (Å²) in [5, 5.41) is 2.79. The Morgan fingerprint density at radius 1 is 1.14 bits per heavy atom. The van der Waals surface area contributed by atoms with Gasteiger partial charge in [0.2, 0.25) is 10.0 Å². The first-order valence-corrected chi connectivity index (χ1v) is 8.98. The van der Waals surface area contributed by atoms with Gasteiger partial charge in [0, 0.05) is 30.4 Å². The van der Waals surface area contributed by atoms with Gasteiger partial charge in [0.15, 0.2) is 0 Å². The fourth-order valence-electron chi connectivity index (χ4n) is 2.24. The zero-order valence-corrected chi connectivity index (χ0v) is 13.5. The first-order valence-electron chi connectivity index (χ1n) is 6.31. The molecule has 0 atom stereocenters. The number of hydrogen-bond acceptors (Lipinski definition) is 4. The molecule has 0 aliphatic heterocycles. The molecule has 1 N–H and O–H groups in total. The number of H-pyrrole nitrogens is 1. The Morgan fingerprint density at radius 2 is 1.86 bits per heavy atom. The molecule has 0 unspecified atom stereocenters. The van der Waals surface area contributed by atoms with Crippen molar-refractivity contribution in [2.45, 2.75) is 9.92 Å². The van der Waals surface area contributed by atoms with Crippen LogP contribution in [0.25, 0.3) is 21.8 Å². The van der Waals surface area contributed by atoms with Crippen LogP contribution in [0.5, 0.6) is 0 Å². The normalized spacial score (nSPS) is 12.6. The zero-order chi connectivity index (χ0) is 15.2. The highest BCUT2D eigenvalue weighted by Gasteiger charge is 2.18. The molecule has 0 bridgehead atoms. The van der Waals surface area contributed by atoms with E-state index in [0.29, 0.717) is 4.90 Å². The van der Waals surface area contributed by atoms with Crippen LogP contribution < -0.4 is 0 Å². The van der Waals surface area contributed by atoms with Gasteiger partial charge in [0.25, 0.3) is 0 Å². The number of nitrogens with one attached hydrogen (secondary N) is 1. The summed E-state index contributed by atoms with van der Waals surface area (Å²) in [6.07, 6.45) is 3.74. The van der Waals surface area contributed by atoms with Gasteiger partial charge in [-0.15, -0.1) is 11.8 Å². The molecule has 5 nitrogen and oxygen atoms in total. The number of fused-ring (bicyclic) bond motifs is 3. The van der Waals surface area contributed by atoms with Gasteiger partial charge in [-0.05, 0) is 30.5 Å². The Kier molecular flexibility index (Phi) is 3.43. The van der Waals surface area contributed by atoms with E-state index in [-0.39, 0.29) is 0 Å². The minimum atomic E-state index is -3.43. The second kappa shape index (κ2) is 5.01. The van der Waals surface area contributed by atoms with Gasteiger partial charge >= 0.3 is 0 Å². The minimum absolute atomic E-state index is 0.295. The average Bonchev–Trinajstić information content (AvgIpc) is 2.83. The summed E-state index contributed by atoms with van der Waals surface area (Å²) in [7, 11) is -0.367. The summed E-state index contributed by atoms with van der Waals surface area (Å²) in [6.45, 7) is 0. The fraction of sp³-hybridized carbons (Fsp3) is 0.214. The number of sulfonamides is 1. The third kappa shape index (κ3) is 2.31. The monoisotopic (exact) mass is 321 g/mol. The van der Waals surface area contributed by atoms with E-state index in [1.54, 1.807) is 36.2 Å². The van der Waals surface area contributed by atoms with Crippen LogP contribution in [0.1, 0.15) is 0 Å². The van der Waals surface area contributed by atoms with Gasteiger partial charge < -0.3 is 4.98 Å². The first kappa shape index (κ1) is 14.4. The first-order chi connectivity index (χ1) is 9.93. The number of benzene rings is 1. The summed E-state index contributed by atoms with van der Waals surface area (Å²) in [6, 6.07) is 7.11. The number of thioether (sulfide) groups is 1. The second-order valence-corrected chi connectivity index (χ2v) is 7.87. The molecule has 0 spiro atoms. The smallest absolute Gasteiger partial charge is 0.242 e. The van der Waals surface area contributed by atoms with Crippen LogP contribution >= 0.6 is 11.8 Å². The van der Waals surface area contributed by atoms with Crippen LogP contribution in [-0.2, 0) is 10.0 Å². The average molecular weight is 321 g/mol. The number of rotatable bonds is 3. The molecular formula is C14H15N3O2S2. The summed E-state index contributed by atoms with van der Waals surface area (Å²) >= 11 is 1.56. The molecule has 0 aliphatic carbocycles. The second-order valence-electron chi connectivity index (χ2n) is 4.89. The zero-order valence-electron chi connectivity index (χ0n) is 11.9. The Bertz CT molecular complexity index is 930. The van der Waals surface area contributed by atoms with Crippen molar-refractivity contribution >= 4 is 43.6 Å². The van der Waals surface area contributed by atoms with E-state index in [0.717, 1.165) is 26.8 Å². The maximum atomic E-state index is 12.3. The number of hydrogen-bond donors (Lipinski definition) is 1. The molecule has 21 heavy (non-hydrogen) atoms. The quantitative estimate of drug-likeness (QED) is 0.753. The number of aromatic nitrogens is 2. The van der Waals surface area contributed by atoms with Crippen LogP contribution in [0.15, 0.2) is 40.4 Å². The van der Waals surface area contributed by atoms with E-state index >= 15 is 0 Å². The molecule has 0 saturated heterocycles. The summed E-state index contributed by atoms with van der Waals surface area (Å²) in [5.74, 6) is 0. The molecule has 3 rings (SSSR count). The largest absolute Gasteiger partial charge is 0.353 e.